The van der Waals surface area contributed by atoms with Gasteiger partial charge in [-0.25, -0.2) is 0 Å². The molecule has 3 heteroatoms. The minimum absolute atomic E-state index is 0. The van der Waals surface area contributed by atoms with Crippen molar-refractivity contribution in [1.82, 2.24) is 4.98 Å². The van der Waals surface area contributed by atoms with Gasteiger partial charge in [0.15, 0.2) is 0 Å². The minimum atomic E-state index is 0. The first kappa shape index (κ1) is 14.9. The molecule has 1 N–H and O–H groups in total. The SMILES string of the molecule is CCC(C)c1ccc(-c2ccccn2)c(O)c1.[Rh]. The van der Waals surface area contributed by atoms with E-state index in [9.17, 15) is 5.11 Å². The summed E-state index contributed by atoms with van der Waals surface area (Å²) in [5.74, 6) is 0.778. The first-order chi connectivity index (χ1) is 8.22. The van der Waals surface area contributed by atoms with Crippen LogP contribution < -0.4 is 0 Å². The summed E-state index contributed by atoms with van der Waals surface area (Å²) in [6, 6.07) is 11.5. The van der Waals surface area contributed by atoms with Gasteiger partial charge in [-0.15, -0.1) is 0 Å². The van der Waals surface area contributed by atoms with Crippen LogP contribution in [0.25, 0.3) is 11.3 Å². The number of hydrogen-bond donors (Lipinski definition) is 1. The normalized spacial score (nSPS) is 11.7. The van der Waals surface area contributed by atoms with Crippen LogP contribution in [0.1, 0.15) is 31.7 Å². The molecule has 18 heavy (non-hydrogen) atoms. The van der Waals surface area contributed by atoms with Crippen molar-refractivity contribution in [3.63, 3.8) is 0 Å². The summed E-state index contributed by atoms with van der Waals surface area (Å²) < 4.78 is 0. The maximum atomic E-state index is 10.0. The third-order valence-corrected chi connectivity index (χ3v) is 3.14. The van der Waals surface area contributed by atoms with Gasteiger partial charge in [-0.2, -0.15) is 0 Å². The Kier molecular flexibility index (Phi) is 5.49. The molecule has 0 bridgehead atoms. The van der Waals surface area contributed by atoms with Gasteiger partial charge in [0.1, 0.15) is 5.75 Å². The predicted octanol–water partition coefficient (Wildman–Crippen LogP) is 3.97. The predicted molar refractivity (Wildman–Crippen MR) is 70.0 cm³/mol. The van der Waals surface area contributed by atoms with E-state index in [1.54, 1.807) is 6.20 Å². The third kappa shape index (κ3) is 3.17. The van der Waals surface area contributed by atoms with Gasteiger partial charge in [-0.05, 0) is 42.2 Å². The molecule has 0 saturated carbocycles. The quantitative estimate of drug-likeness (QED) is 0.864. The van der Waals surface area contributed by atoms with Crippen molar-refractivity contribution in [2.45, 2.75) is 26.2 Å². The van der Waals surface area contributed by atoms with Crippen LogP contribution in [0.4, 0.5) is 0 Å². The van der Waals surface area contributed by atoms with Crippen molar-refractivity contribution in [1.29, 1.82) is 0 Å². The zero-order chi connectivity index (χ0) is 12.3. The summed E-state index contributed by atoms with van der Waals surface area (Å²) >= 11 is 0. The molecule has 2 nitrogen and oxygen atoms in total. The molecule has 0 aliphatic rings. The number of aromatic hydroxyl groups is 1. The second-order valence-electron chi connectivity index (χ2n) is 4.30. The number of phenolic OH excluding ortho intramolecular Hbond substituents is 1. The van der Waals surface area contributed by atoms with Crippen LogP contribution in [-0.4, -0.2) is 10.1 Å². The first-order valence-corrected chi connectivity index (χ1v) is 5.96. The molecule has 1 aromatic carbocycles. The third-order valence-electron chi connectivity index (χ3n) is 3.14. The molecule has 1 heterocycles. The Labute approximate surface area is 121 Å². The van der Waals surface area contributed by atoms with Crippen LogP contribution in [0.5, 0.6) is 5.75 Å². The van der Waals surface area contributed by atoms with E-state index in [0.29, 0.717) is 11.7 Å². The molecule has 0 aliphatic heterocycles. The number of phenols is 1. The molecule has 1 atom stereocenters. The van der Waals surface area contributed by atoms with E-state index in [0.717, 1.165) is 17.7 Å². The molecule has 97 valence electrons. The Morgan fingerprint density at radius 1 is 1.22 bits per heavy atom. The van der Waals surface area contributed by atoms with Crippen molar-refractivity contribution in [3.8, 4) is 17.0 Å². The van der Waals surface area contributed by atoms with Crippen LogP contribution in [-0.2, 0) is 19.5 Å². The Balaban J connectivity index is 0.00000162. The van der Waals surface area contributed by atoms with Gasteiger partial charge >= 0.3 is 0 Å². The van der Waals surface area contributed by atoms with Crippen molar-refractivity contribution in [2.75, 3.05) is 0 Å². The monoisotopic (exact) mass is 330 g/mol. The minimum Gasteiger partial charge on any atom is -0.507 e. The molecule has 0 amide bonds. The molecule has 2 rings (SSSR count). The largest absolute Gasteiger partial charge is 0.507 e. The number of hydrogen-bond acceptors (Lipinski definition) is 2. The number of pyridine rings is 1. The molecule has 0 aliphatic carbocycles. The molecule has 0 saturated heterocycles. The summed E-state index contributed by atoms with van der Waals surface area (Å²) in [5, 5.41) is 10.0. The van der Waals surface area contributed by atoms with E-state index in [4.69, 9.17) is 0 Å². The van der Waals surface area contributed by atoms with Crippen LogP contribution in [0.15, 0.2) is 42.6 Å². The summed E-state index contributed by atoms with van der Waals surface area (Å²) in [6.45, 7) is 4.31. The second-order valence-corrected chi connectivity index (χ2v) is 4.30. The Bertz CT molecular complexity index is 499. The molecular weight excluding hydrogens is 313 g/mol. The summed E-state index contributed by atoms with van der Waals surface area (Å²) in [7, 11) is 0. The van der Waals surface area contributed by atoms with Gasteiger partial charge in [0, 0.05) is 31.2 Å². The topological polar surface area (TPSA) is 33.1 Å². The maximum absolute atomic E-state index is 10.0. The molecule has 1 aromatic heterocycles. The number of nitrogens with zero attached hydrogens (tertiary/aromatic N) is 1. The van der Waals surface area contributed by atoms with Crippen molar-refractivity contribution in [3.05, 3.63) is 48.2 Å². The first-order valence-electron chi connectivity index (χ1n) is 5.96. The van der Waals surface area contributed by atoms with Gasteiger partial charge in [0.2, 0.25) is 0 Å². The average Bonchev–Trinajstić information content (AvgIpc) is 2.38. The molecule has 0 spiro atoms. The van der Waals surface area contributed by atoms with Gasteiger partial charge in [0.05, 0.1) is 5.69 Å². The zero-order valence-electron chi connectivity index (χ0n) is 10.6. The average molecular weight is 330 g/mol. The van der Waals surface area contributed by atoms with E-state index in [2.05, 4.69) is 24.9 Å². The number of aromatic nitrogens is 1. The second kappa shape index (κ2) is 6.65. The smallest absolute Gasteiger partial charge is 0.125 e. The Morgan fingerprint density at radius 3 is 2.56 bits per heavy atom. The van der Waals surface area contributed by atoms with Gasteiger partial charge in [-0.1, -0.05) is 26.0 Å². The van der Waals surface area contributed by atoms with Gasteiger partial charge in [-0.3, -0.25) is 4.98 Å². The van der Waals surface area contributed by atoms with Gasteiger partial charge < -0.3 is 5.11 Å². The fourth-order valence-corrected chi connectivity index (χ4v) is 1.83. The van der Waals surface area contributed by atoms with Crippen molar-refractivity contribution >= 4 is 0 Å². The molecule has 0 fully saturated rings. The zero-order valence-corrected chi connectivity index (χ0v) is 12.2. The van der Waals surface area contributed by atoms with Crippen LogP contribution >= 0.6 is 0 Å². The molecular formula is C15H17NORh. The van der Waals surface area contributed by atoms with Crippen LogP contribution in [0.3, 0.4) is 0 Å². The number of benzene rings is 1. The molecule has 2 aromatic rings. The summed E-state index contributed by atoms with van der Waals surface area (Å²) in [5.41, 5.74) is 2.77. The molecule has 1 radical (unpaired) electrons. The molecule has 1 unspecified atom stereocenters. The van der Waals surface area contributed by atoms with E-state index < -0.39 is 0 Å². The fraction of sp³-hybridized carbons (Fsp3) is 0.267. The Morgan fingerprint density at radius 2 is 2.00 bits per heavy atom. The van der Waals surface area contributed by atoms with Crippen molar-refractivity contribution < 1.29 is 24.6 Å². The summed E-state index contributed by atoms with van der Waals surface area (Å²) in [4.78, 5) is 4.24. The maximum Gasteiger partial charge on any atom is 0.125 e. The fourth-order valence-electron chi connectivity index (χ4n) is 1.83. The van der Waals surface area contributed by atoms with E-state index in [1.165, 1.54) is 5.56 Å². The van der Waals surface area contributed by atoms with E-state index in [-0.39, 0.29) is 19.5 Å². The van der Waals surface area contributed by atoms with E-state index in [1.807, 2.05) is 30.3 Å². The van der Waals surface area contributed by atoms with Crippen molar-refractivity contribution in [2.24, 2.45) is 0 Å². The van der Waals surface area contributed by atoms with Crippen LogP contribution in [0, 0.1) is 0 Å². The summed E-state index contributed by atoms with van der Waals surface area (Å²) in [6.07, 6.45) is 2.81. The van der Waals surface area contributed by atoms with E-state index >= 15 is 0 Å². The Hall–Kier alpha value is -1.21. The standard InChI is InChI=1S/C15H17NO.Rh/c1-3-11(2)12-7-8-13(15(17)10-12)14-6-4-5-9-16-14;/h4-11,17H,3H2,1-2H3;. The van der Waals surface area contributed by atoms with Gasteiger partial charge in [0.25, 0.3) is 0 Å². The number of rotatable bonds is 3. The van der Waals surface area contributed by atoms with Crippen LogP contribution in [0.2, 0.25) is 0 Å².